The lowest BCUT2D eigenvalue weighted by Crippen LogP contribution is -2.31. The molecule has 0 spiro atoms. The van der Waals surface area contributed by atoms with Crippen molar-refractivity contribution in [2.45, 2.75) is 12.2 Å². The van der Waals surface area contributed by atoms with Gasteiger partial charge in [-0.1, -0.05) is 6.07 Å². The summed E-state index contributed by atoms with van der Waals surface area (Å²) in [6.45, 7) is 1.19. The van der Waals surface area contributed by atoms with Gasteiger partial charge in [0.15, 0.2) is 0 Å². The van der Waals surface area contributed by atoms with Gasteiger partial charge in [-0.3, -0.25) is 10.1 Å². The van der Waals surface area contributed by atoms with Gasteiger partial charge in [-0.05, 0) is 19.1 Å². The van der Waals surface area contributed by atoms with Crippen molar-refractivity contribution in [1.82, 2.24) is 0 Å². The third kappa shape index (κ3) is 3.37. The number of nitro groups is 1. The number of primary sulfonamides is 1. The van der Waals surface area contributed by atoms with Crippen LogP contribution >= 0.6 is 0 Å². The molecule has 0 radical (unpaired) electrons. The third-order valence-corrected chi connectivity index (χ3v) is 3.60. The van der Waals surface area contributed by atoms with Crippen LogP contribution < -0.4 is 10.5 Å². The fourth-order valence-electron chi connectivity index (χ4n) is 1.21. The number of rotatable bonds is 5. The first-order valence-electron chi connectivity index (χ1n) is 4.92. The molecular weight excluding hydrogens is 265 g/mol. The molecule has 7 nitrogen and oxygen atoms in total. The van der Waals surface area contributed by atoms with Crippen molar-refractivity contribution in [1.29, 1.82) is 0 Å². The predicted molar refractivity (Wildman–Crippen MR) is 64.1 cm³/mol. The first-order chi connectivity index (χ1) is 8.23. The number of hydrogen-bond donors (Lipinski definition) is 2. The normalized spacial score (nSPS) is 13.1. The number of nitrogens with one attached hydrogen (secondary N) is 1. The minimum absolute atomic E-state index is 0.0875. The van der Waals surface area contributed by atoms with E-state index in [2.05, 4.69) is 5.32 Å². The van der Waals surface area contributed by atoms with E-state index in [4.69, 9.17) is 5.14 Å². The van der Waals surface area contributed by atoms with E-state index in [1.807, 2.05) is 0 Å². The van der Waals surface area contributed by atoms with Gasteiger partial charge in [-0.2, -0.15) is 4.39 Å². The van der Waals surface area contributed by atoms with E-state index in [0.29, 0.717) is 0 Å². The lowest BCUT2D eigenvalue weighted by Gasteiger charge is -2.11. The van der Waals surface area contributed by atoms with Crippen molar-refractivity contribution >= 4 is 21.4 Å². The SMILES string of the molecule is CC(CNc1cccc(F)c1[N+](=O)[O-])S(N)(=O)=O. The molecule has 9 heteroatoms. The molecule has 0 bridgehead atoms. The van der Waals surface area contributed by atoms with Crippen LogP contribution in [0.1, 0.15) is 6.92 Å². The average Bonchev–Trinajstić information content (AvgIpc) is 2.23. The van der Waals surface area contributed by atoms with Crippen LogP contribution in [0.25, 0.3) is 0 Å². The molecule has 0 aliphatic carbocycles. The first kappa shape index (κ1) is 14.3. The first-order valence-corrected chi connectivity index (χ1v) is 6.53. The fourth-order valence-corrected chi connectivity index (χ4v) is 1.53. The number of para-hydroxylation sites is 1. The van der Waals surface area contributed by atoms with Crippen LogP contribution in [0.4, 0.5) is 15.8 Å². The van der Waals surface area contributed by atoms with Gasteiger partial charge in [0.1, 0.15) is 5.69 Å². The molecule has 3 N–H and O–H groups in total. The molecule has 18 heavy (non-hydrogen) atoms. The molecule has 0 fully saturated rings. The fraction of sp³-hybridized carbons (Fsp3) is 0.333. The Kier molecular flexibility index (Phi) is 4.19. The van der Waals surface area contributed by atoms with Crippen LogP contribution in [0.3, 0.4) is 0 Å². The topological polar surface area (TPSA) is 115 Å². The molecule has 0 aromatic heterocycles. The summed E-state index contributed by atoms with van der Waals surface area (Å²) in [5.74, 6) is -0.992. The number of nitrogens with two attached hydrogens (primary N) is 1. The summed E-state index contributed by atoms with van der Waals surface area (Å²) in [7, 11) is -3.74. The molecular formula is C9H12FN3O4S. The number of hydrogen-bond acceptors (Lipinski definition) is 5. The van der Waals surface area contributed by atoms with Crippen molar-refractivity contribution in [2.75, 3.05) is 11.9 Å². The van der Waals surface area contributed by atoms with E-state index in [9.17, 15) is 22.9 Å². The molecule has 1 aromatic rings. The number of nitro benzene ring substituents is 1. The van der Waals surface area contributed by atoms with E-state index >= 15 is 0 Å². The Morgan fingerprint density at radius 2 is 2.17 bits per heavy atom. The highest BCUT2D eigenvalue weighted by Crippen LogP contribution is 2.27. The largest absolute Gasteiger partial charge is 0.378 e. The van der Waals surface area contributed by atoms with Gasteiger partial charge in [-0.25, -0.2) is 13.6 Å². The van der Waals surface area contributed by atoms with Crippen LogP contribution in [0.5, 0.6) is 0 Å². The second kappa shape index (κ2) is 5.27. The molecule has 0 saturated heterocycles. The van der Waals surface area contributed by atoms with E-state index < -0.39 is 31.7 Å². The summed E-state index contributed by atoms with van der Waals surface area (Å²) in [5.41, 5.74) is -0.811. The van der Waals surface area contributed by atoms with E-state index in [-0.39, 0.29) is 12.2 Å². The monoisotopic (exact) mass is 277 g/mol. The van der Waals surface area contributed by atoms with Crippen LogP contribution in [-0.4, -0.2) is 25.1 Å². The van der Waals surface area contributed by atoms with Crippen LogP contribution in [0, 0.1) is 15.9 Å². The second-order valence-electron chi connectivity index (χ2n) is 3.67. The van der Waals surface area contributed by atoms with Crippen molar-refractivity contribution in [3.05, 3.63) is 34.1 Å². The van der Waals surface area contributed by atoms with Gasteiger partial charge in [0, 0.05) is 6.54 Å². The molecule has 0 aliphatic heterocycles. The number of halogens is 1. The Hall–Kier alpha value is -1.74. The number of benzene rings is 1. The zero-order valence-corrected chi connectivity index (χ0v) is 10.3. The van der Waals surface area contributed by atoms with Crippen LogP contribution in [0.15, 0.2) is 18.2 Å². The van der Waals surface area contributed by atoms with Gasteiger partial charge < -0.3 is 5.32 Å². The summed E-state index contributed by atoms with van der Waals surface area (Å²) in [4.78, 5) is 9.79. The molecule has 1 rings (SSSR count). The number of anilines is 1. The highest BCUT2D eigenvalue weighted by Gasteiger charge is 2.21. The number of nitrogens with zero attached hydrogens (tertiary/aromatic N) is 1. The molecule has 1 aromatic carbocycles. The molecule has 0 aliphatic rings. The summed E-state index contributed by atoms with van der Waals surface area (Å²) in [5, 5.41) is 17.1. The summed E-state index contributed by atoms with van der Waals surface area (Å²) in [6.07, 6.45) is 0. The Labute approximate surface area is 103 Å². The smallest absolute Gasteiger partial charge is 0.327 e. The maximum Gasteiger partial charge on any atom is 0.327 e. The Morgan fingerprint density at radius 3 is 2.67 bits per heavy atom. The van der Waals surface area contributed by atoms with Gasteiger partial charge in [0.2, 0.25) is 15.8 Å². The maximum atomic E-state index is 13.2. The van der Waals surface area contributed by atoms with Gasteiger partial charge in [-0.15, -0.1) is 0 Å². The van der Waals surface area contributed by atoms with Gasteiger partial charge in [0.05, 0.1) is 10.2 Å². The van der Waals surface area contributed by atoms with Gasteiger partial charge in [0.25, 0.3) is 0 Å². The Morgan fingerprint density at radius 1 is 1.56 bits per heavy atom. The molecule has 1 unspecified atom stereocenters. The summed E-state index contributed by atoms with van der Waals surface area (Å²) in [6, 6.07) is 3.52. The van der Waals surface area contributed by atoms with Gasteiger partial charge >= 0.3 is 5.69 Å². The molecule has 1 atom stereocenters. The second-order valence-corrected chi connectivity index (χ2v) is 5.66. The quantitative estimate of drug-likeness (QED) is 0.610. The highest BCUT2D eigenvalue weighted by atomic mass is 32.2. The molecule has 0 saturated carbocycles. The molecule has 100 valence electrons. The van der Waals surface area contributed by atoms with Crippen molar-refractivity contribution in [2.24, 2.45) is 5.14 Å². The van der Waals surface area contributed by atoms with E-state index in [1.165, 1.54) is 19.1 Å². The van der Waals surface area contributed by atoms with Crippen molar-refractivity contribution < 1.29 is 17.7 Å². The standard InChI is InChI=1S/C9H12FN3O4S/c1-6(18(11,16)17)5-12-8-4-2-3-7(10)9(8)13(14)15/h2-4,6,12H,5H2,1H3,(H2,11,16,17). The predicted octanol–water partition coefficient (Wildman–Crippen LogP) is 0.823. The highest BCUT2D eigenvalue weighted by molar-refractivity contribution is 7.89. The minimum atomic E-state index is -3.74. The van der Waals surface area contributed by atoms with E-state index in [1.54, 1.807) is 0 Å². The van der Waals surface area contributed by atoms with E-state index in [0.717, 1.165) is 6.07 Å². The summed E-state index contributed by atoms with van der Waals surface area (Å²) < 4.78 is 35.2. The zero-order valence-electron chi connectivity index (χ0n) is 9.46. The lowest BCUT2D eigenvalue weighted by atomic mass is 10.2. The van der Waals surface area contributed by atoms with Crippen LogP contribution in [0.2, 0.25) is 0 Å². The Balaban J connectivity index is 2.93. The molecule has 0 heterocycles. The lowest BCUT2D eigenvalue weighted by molar-refractivity contribution is -0.386. The molecule has 0 amide bonds. The average molecular weight is 277 g/mol. The third-order valence-electron chi connectivity index (χ3n) is 2.31. The minimum Gasteiger partial charge on any atom is -0.378 e. The number of sulfonamides is 1. The summed E-state index contributed by atoms with van der Waals surface area (Å²) >= 11 is 0. The van der Waals surface area contributed by atoms with Crippen molar-refractivity contribution in [3.63, 3.8) is 0 Å². The van der Waals surface area contributed by atoms with Crippen molar-refractivity contribution in [3.8, 4) is 0 Å². The Bertz CT molecular complexity index is 561. The maximum absolute atomic E-state index is 13.2. The zero-order chi connectivity index (χ0) is 13.9. The van der Waals surface area contributed by atoms with Crippen LogP contribution in [-0.2, 0) is 10.0 Å².